The van der Waals surface area contributed by atoms with Crippen LogP contribution in [0.3, 0.4) is 0 Å². The summed E-state index contributed by atoms with van der Waals surface area (Å²) in [5.41, 5.74) is 0.346. The van der Waals surface area contributed by atoms with E-state index in [4.69, 9.17) is 16.7 Å². The van der Waals surface area contributed by atoms with Crippen molar-refractivity contribution in [1.82, 2.24) is 5.32 Å². The van der Waals surface area contributed by atoms with E-state index in [1.165, 1.54) is 0 Å². The summed E-state index contributed by atoms with van der Waals surface area (Å²) in [6.45, 7) is 5.33. The van der Waals surface area contributed by atoms with Crippen molar-refractivity contribution in [1.29, 1.82) is 0 Å². The molecule has 1 atom stereocenters. The molecule has 0 aliphatic heterocycles. The third-order valence-electron chi connectivity index (χ3n) is 3.00. The molecule has 0 aliphatic rings. The quantitative estimate of drug-likeness (QED) is 0.878. The van der Waals surface area contributed by atoms with Crippen LogP contribution in [0.25, 0.3) is 0 Å². The zero-order valence-corrected chi connectivity index (χ0v) is 12.7. The second-order valence-electron chi connectivity index (χ2n) is 5.80. The zero-order chi connectivity index (χ0) is 15.3. The number of rotatable bonds is 5. The lowest BCUT2D eigenvalue weighted by Crippen LogP contribution is -2.49. The van der Waals surface area contributed by atoms with E-state index >= 15 is 0 Å². The predicted octanol–water partition coefficient (Wildman–Crippen LogP) is 2.89. The number of nitrogens with one attached hydrogen (secondary N) is 1. The Morgan fingerprint density at radius 1 is 1.30 bits per heavy atom. The maximum atomic E-state index is 11.9. The summed E-state index contributed by atoms with van der Waals surface area (Å²) >= 11 is 6.01. The molecule has 20 heavy (non-hydrogen) atoms. The molecule has 1 unspecified atom stereocenters. The fraction of sp³-hybridized carbons (Fsp3) is 0.467. The summed E-state index contributed by atoms with van der Waals surface area (Å²) < 4.78 is 0. The second-order valence-corrected chi connectivity index (χ2v) is 6.20. The lowest BCUT2D eigenvalue weighted by atomic mass is 9.86. The van der Waals surface area contributed by atoms with E-state index in [1.54, 1.807) is 26.8 Å². The molecule has 2 N–H and O–H groups in total. The Kier molecular flexibility index (Phi) is 5.57. The van der Waals surface area contributed by atoms with Crippen LogP contribution in [0.1, 0.15) is 32.8 Å². The van der Waals surface area contributed by atoms with Crippen LogP contribution in [0.2, 0.25) is 5.02 Å². The SMILES string of the molecule is CC(C)(C)C(NC(=O)CCc1ccccc1Cl)C(=O)O. The van der Waals surface area contributed by atoms with Crippen LogP contribution in [0, 0.1) is 5.41 Å². The van der Waals surface area contributed by atoms with Crippen molar-refractivity contribution >= 4 is 23.5 Å². The maximum Gasteiger partial charge on any atom is 0.326 e. The molecule has 0 aromatic heterocycles. The Balaban J connectivity index is 2.60. The van der Waals surface area contributed by atoms with Gasteiger partial charge in [0.2, 0.25) is 5.91 Å². The number of hydrogen-bond donors (Lipinski definition) is 2. The maximum absolute atomic E-state index is 11.9. The van der Waals surface area contributed by atoms with Crippen molar-refractivity contribution in [3.05, 3.63) is 34.9 Å². The van der Waals surface area contributed by atoms with Crippen LogP contribution >= 0.6 is 11.6 Å². The lowest BCUT2D eigenvalue weighted by molar-refractivity contribution is -0.144. The largest absolute Gasteiger partial charge is 0.480 e. The first kappa shape index (κ1) is 16.5. The summed E-state index contributed by atoms with van der Waals surface area (Å²) in [7, 11) is 0. The van der Waals surface area contributed by atoms with Gasteiger partial charge in [0.05, 0.1) is 0 Å². The van der Waals surface area contributed by atoms with Gasteiger partial charge in [-0.2, -0.15) is 0 Å². The smallest absolute Gasteiger partial charge is 0.326 e. The molecule has 5 heteroatoms. The van der Waals surface area contributed by atoms with Crippen molar-refractivity contribution in [3.8, 4) is 0 Å². The molecule has 1 aromatic carbocycles. The number of hydrogen-bond acceptors (Lipinski definition) is 2. The Morgan fingerprint density at radius 3 is 2.40 bits per heavy atom. The minimum Gasteiger partial charge on any atom is -0.480 e. The molecule has 1 amide bonds. The van der Waals surface area contributed by atoms with Gasteiger partial charge in [-0.3, -0.25) is 4.79 Å². The third kappa shape index (κ3) is 4.85. The molecule has 1 aromatic rings. The van der Waals surface area contributed by atoms with E-state index in [9.17, 15) is 9.59 Å². The fourth-order valence-corrected chi connectivity index (χ4v) is 2.06. The average molecular weight is 298 g/mol. The summed E-state index contributed by atoms with van der Waals surface area (Å²) in [6.07, 6.45) is 0.700. The summed E-state index contributed by atoms with van der Waals surface area (Å²) in [5.74, 6) is -1.31. The van der Waals surface area contributed by atoms with Crippen LogP contribution in [0.5, 0.6) is 0 Å². The first-order valence-electron chi connectivity index (χ1n) is 6.47. The van der Waals surface area contributed by atoms with Gasteiger partial charge in [-0.05, 0) is 23.5 Å². The number of carbonyl (C=O) groups excluding carboxylic acids is 1. The number of aliphatic carboxylic acids is 1. The van der Waals surface area contributed by atoms with Gasteiger partial charge in [-0.25, -0.2) is 4.79 Å². The molecule has 0 saturated heterocycles. The van der Waals surface area contributed by atoms with E-state index in [1.807, 2.05) is 18.2 Å². The first-order chi connectivity index (χ1) is 9.21. The van der Waals surface area contributed by atoms with Crippen LogP contribution in [-0.4, -0.2) is 23.0 Å². The highest BCUT2D eigenvalue weighted by Gasteiger charge is 2.32. The zero-order valence-electron chi connectivity index (χ0n) is 11.9. The van der Waals surface area contributed by atoms with Crippen molar-refractivity contribution in [2.45, 2.75) is 39.7 Å². The Labute approximate surface area is 124 Å². The second kappa shape index (κ2) is 6.75. The van der Waals surface area contributed by atoms with Gasteiger partial charge in [0, 0.05) is 11.4 Å². The standard InChI is InChI=1S/C15H20ClNO3/c1-15(2,3)13(14(19)20)17-12(18)9-8-10-6-4-5-7-11(10)16/h4-7,13H,8-9H2,1-3H3,(H,17,18)(H,19,20). The lowest BCUT2D eigenvalue weighted by Gasteiger charge is -2.27. The number of carboxylic acid groups (broad SMARTS) is 1. The van der Waals surface area contributed by atoms with Crippen LogP contribution in [0.15, 0.2) is 24.3 Å². The van der Waals surface area contributed by atoms with Gasteiger partial charge < -0.3 is 10.4 Å². The Hall–Kier alpha value is -1.55. The van der Waals surface area contributed by atoms with Gasteiger partial charge in [-0.1, -0.05) is 50.6 Å². The van der Waals surface area contributed by atoms with Crippen molar-refractivity contribution in [3.63, 3.8) is 0 Å². The predicted molar refractivity (Wildman–Crippen MR) is 78.8 cm³/mol. The highest BCUT2D eigenvalue weighted by Crippen LogP contribution is 2.20. The number of carbonyl (C=O) groups is 2. The molecular weight excluding hydrogens is 278 g/mol. The van der Waals surface area contributed by atoms with Crippen LogP contribution in [0.4, 0.5) is 0 Å². The Morgan fingerprint density at radius 2 is 1.90 bits per heavy atom. The minimum absolute atomic E-state index is 0.212. The molecule has 0 spiro atoms. The van der Waals surface area contributed by atoms with Crippen molar-refractivity contribution in [2.75, 3.05) is 0 Å². The van der Waals surface area contributed by atoms with E-state index < -0.39 is 17.4 Å². The van der Waals surface area contributed by atoms with Crippen LogP contribution < -0.4 is 5.32 Å². The van der Waals surface area contributed by atoms with Gasteiger partial charge in [0.1, 0.15) is 6.04 Å². The van der Waals surface area contributed by atoms with Gasteiger partial charge in [0.15, 0.2) is 0 Å². The highest BCUT2D eigenvalue weighted by molar-refractivity contribution is 6.31. The Bertz CT molecular complexity index is 494. The normalized spacial score (nSPS) is 12.8. The summed E-state index contributed by atoms with van der Waals surface area (Å²) in [4.78, 5) is 23.0. The number of amides is 1. The van der Waals surface area contributed by atoms with E-state index in [-0.39, 0.29) is 12.3 Å². The van der Waals surface area contributed by atoms with Crippen molar-refractivity contribution in [2.24, 2.45) is 5.41 Å². The molecule has 1 rings (SSSR count). The molecule has 0 heterocycles. The fourth-order valence-electron chi connectivity index (χ4n) is 1.83. The van der Waals surface area contributed by atoms with Gasteiger partial charge >= 0.3 is 5.97 Å². The molecule has 4 nitrogen and oxygen atoms in total. The number of carboxylic acids is 1. The molecular formula is C15H20ClNO3. The van der Waals surface area contributed by atoms with E-state index in [0.717, 1.165) is 5.56 Å². The monoisotopic (exact) mass is 297 g/mol. The summed E-state index contributed by atoms with van der Waals surface area (Å²) in [5, 5.41) is 12.3. The third-order valence-corrected chi connectivity index (χ3v) is 3.37. The van der Waals surface area contributed by atoms with Crippen molar-refractivity contribution < 1.29 is 14.7 Å². The topological polar surface area (TPSA) is 66.4 Å². The number of halogens is 1. The van der Waals surface area contributed by atoms with E-state index in [0.29, 0.717) is 11.4 Å². The molecule has 0 aliphatic carbocycles. The number of benzene rings is 1. The summed E-state index contributed by atoms with van der Waals surface area (Å²) in [6, 6.07) is 6.40. The minimum atomic E-state index is -1.02. The highest BCUT2D eigenvalue weighted by atomic mass is 35.5. The van der Waals surface area contributed by atoms with E-state index in [2.05, 4.69) is 5.32 Å². The van der Waals surface area contributed by atoms with Crippen LogP contribution in [-0.2, 0) is 16.0 Å². The molecule has 110 valence electrons. The first-order valence-corrected chi connectivity index (χ1v) is 6.85. The van der Waals surface area contributed by atoms with Gasteiger partial charge in [0.25, 0.3) is 0 Å². The number of aryl methyl sites for hydroxylation is 1. The molecule has 0 saturated carbocycles. The average Bonchev–Trinajstić information content (AvgIpc) is 2.33. The molecule has 0 bridgehead atoms. The molecule has 0 radical (unpaired) electrons. The molecule has 0 fully saturated rings. The van der Waals surface area contributed by atoms with Gasteiger partial charge in [-0.15, -0.1) is 0 Å².